The molecule has 11 aromatic rings. The molecule has 0 unspecified atom stereocenters. The zero-order valence-electron chi connectivity index (χ0n) is 31.8. The van der Waals surface area contributed by atoms with Crippen LogP contribution in [0.3, 0.4) is 0 Å². The lowest BCUT2D eigenvalue weighted by Gasteiger charge is -2.27. The Labute approximate surface area is 338 Å². The van der Waals surface area contributed by atoms with Crippen molar-refractivity contribution in [1.82, 2.24) is 4.57 Å². The highest BCUT2D eigenvalue weighted by molar-refractivity contribution is 6.16. The van der Waals surface area contributed by atoms with Gasteiger partial charge in [0.1, 0.15) is 0 Å². The van der Waals surface area contributed by atoms with E-state index in [4.69, 9.17) is 0 Å². The average Bonchev–Trinajstić information content (AvgIpc) is 3.64. The second-order valence-corrected chi connectivity index (χ2v) is 15.0. The van der Waals surface area contributed by atoms with Gasteiger partial charge in [0.25, 0.3) is 0 Å². The third kappa shape index (κ3) is 5.91. The van der Waals surface area contributed by atoms with E-state index in [1.54, 1.807) is 0 Å². The van der Waals surface area contributed by atoms with E-state index in [0.29, 0.717) is 0 Å². The third-order valence-electron chi connectivity index (χ3n) is 11.5. The summed E-state index contributed by atoms with van der Waals surface area (Å²) >= 11 is 0. The van der Waals surface area contributed by atoms with Gasteiger partial charge in [0, 0.05) is 27.8 Å². The molecule has 58 heavy (non-hydrogen) atoms. The lowest BCUT2D eigenvalue weighted by atomic mass is 9.96. The zero-order chi connectivity index (χ0) is 38.4. The van der Waals surface area contributed by atoms with Crippen molar-refractivity contribution >= 4 is 60.4 Å². The van der Waals surface area contributed by atoms with Gasteiger partial charge >= 0.3 is 0 Å². The van der Waals surface area contributed by atoms with Gasteiger partial charge in [0.2, 0.25) is 0 Å². The van der Waals surface area contributed by atoms with Crippen LogP contribution < -0.4 is 4.90 Å². The Morgan fingerprint density at radius 3 is 1.52 bits per heavy atom. The molecule has 0 atom stereocenters. The molecule has 1 aromatic heterocycles. The maximum absolute atomic E-state index is 2.44. The van der Waals surface area contributed by atoms with Crippen LogP contribution in [0.15, 0.2) is 231 Å². The SMILES string of the molecule is c1ccc(-c2cccc(N(c3ccc4cc(-c5ccc6ccc(-c7ccccc7)cc6c5)ccc4c3)c3cccc4c3c3ccccc3n4-c3ccccc3)c2)cc1. The largest absolute Gasteiger partial charge is 0.310 e. The van der Waals surface area contributed by atoms with Crippen LogP contribution in [0.1, 0.15) is 0 Å². The number of hydrogen-bond acceptors (Lipinski definition) is 1. The van der Waals surface area contributed by atoms with E-state index in [2.05, 4.69) is 240 Å². The molecule has 2 heteroatoms. The van der Waals surface area contributed by atoms with Gasteiger partial charge in [-0.15, -0.1) is 0 Å². The predicted octanol–water partition coefficient (Wildman–Crippen LogP) is 15.6. The molecule has 10 aromatic carbocycles. The Balaban J connectivity index is 1.06. The predicted molar refractivity (Wildman–Crippen MR) is 247 cm³/mol. The van der Waals surface area contributed by atoms with Gasteiger partial charge in [-0.25, -0.2) is 0 Å². The van der Waals surface area contributed by atoms with Gasteiger partial charge in [0.15, 0.2) is 0 Å². The molecule has 0 bridgehead atoms. The summed E-state index contributed by atoms with van der Waals surface area (Å²) in [5, 5.41) is 7.32. The molecule has 0 spiro atoms. The van der Waals surface area contributed by atoms with Crippen LogP contribution in [-0.2, 0) is 0 Å². The smallest absolute Gasteiger partial charge is 0.0562 e. The molecule has 0 amide bonds. The summed E-state index contributed by atoms with van der Waals surface area (Å²) in [6, 6.07) is 83.7. The normalized spacial score (nSPS) is 11.4. The molecule has 0 fully saturated rings. The third-order valence-corrected chi connectivity index (χ3v) is 11.5. The molecule has 272 valence electrons. The molecule has 0 radical (unpaired) electrons. The number of rotatable bonds is 7. The first-order chi connectivity index (χ1) is 28.7. The van der Waals surface area contributed by atoms with E-state index in [9.17, 15) is 0 Å². The molecule has 0 aliphatic rings. The summed E-state index contributed by atoms with van der Waals surface area (Å²) in [5.74, 6) is 0. The minimum Gasteiger partial charge on any atom is -0.310 e. The van der Waals surface area contributed by atoms with E-state index < -0.39 is 0 Å². The fourth-order valence-electron chi connectivity index (χ4n) is 8.71. The second kappa shape index (κ2) is 14.1. The molecule has 0 saturated heterocycles. The van der Waals surface area contributed by atoms with Crippen LogP contribution in [-0.4, -0.2) is 4.57 Å². The molecule has 1 heterocycles. The fourth-order valence-corrected chi connectivity index (χ4v) is 8.71. The number of nitrogens with zero attached hydrogens (tertiary/aromatic N) is 2. The van der Waals surface area contributed by atoms with Gasteiger partial charge in [-0.2, -0.15) is 0 Å². The lowest BCUT2D eigenvalue weighted by Crippen LogP contribution is -2.10. The molecular weight excluding hydrogens is 701 g/mol. The van der Waals surface area contributed by atoms with Gasteiger partial charge < -0.3 is 9.47 Å². The van der Waals surface area contributed by atoms with Crippen molar-refractivity contribution in [3.05, 3.63) is 231 Å². The molecule has 0 aliphatic carbocycles. The number of aromatic nitrogens is 1. The van der Waals surface area contributed by atoms with E-state index in [-0.39, 0.29) is 0 Å². The quantitative estimate of drug-likeness (QED) is 0.158. The maximum atomic E-state index is 2.44. The Bertz CT molecular complexity index is 3270. The first-order valence-corrected chi connectivity index (χ1v) is 19.9. The first-order valence-electron chi connectivity index (χ1n) is 19.9. The van der Waals surface area contributed by atoms with Crippen molar-refractivity contribution < 1.29 is 0 Å². The van der Waals surface area contributed by atoms with Gasteiger partial charge in [-0.3, -0.25) is 0 Å². The summed E-state index contributed by atoms with van der Waals surface area (Å²) < 4.78 is 2.39. The number of hydrogen-bond donors (Lipinski definition) is 0. The van der Waals surface area contributed by atoms with Gasteiger partial charge in [0.05, 0.1) is 16.7 Å². The Morgan fingerprint density at radius 2 is 0.793 bits per heavy atom. The van der Waals surface area contributed by atoms with Gasteiger partial charge in [-0.1, -0.05) is 158 Å². The van der Waals surface area contributed by atoms with Crippen molar-refractivity contribution in [2.75, 3.05) is 4.90 Å². The first kappa shape index (κ1) is 33.6. The number of para-hydroxylation sites is 2. The topological polar surface area (TPSA) is 8.17 Å². The fraction of sp³-hybridized carbons (Fsp3) is 0. The zero-order valence-corrected chi connectivity index (χ0v) is 31.8. The second-order valence-electron chi connectivity index (χ2n) is 15.0. The van der Waals surface area contributed by atoms with Crippen LogP contribution in [0.2, 0.25) is 0 Å². The number of benzene rings is 10. The molecule has 0 N–H and O–H groups in total. The van der Waals surface area contributed by atoms with Crippen LogP contribution >= 0.6 is 0 Å². The van der Waals surface area contributed by atoms with Crippen LogP contribution in [0.5, 0.6) is 0 Å². The highest BCUT2D eigenvalue weighted by atomic mass is 15.1. The highest BCUT2D eigenvalue weighted by Crippen LogP contribution is 2.45. The lowest BCUT2D eigenvalue weighted by molar-refractivity contribution is 1.18. The van der Waals surface area contributed by atoms with E-state index in [1.807, 2.05) is 0 Å². The summed E-state index contributed by atoms with van der Waals surface area (Å²) in [5.41, 5.74) is 14.1. The highest BCUT2D eigenvalue weighted by Gasteiger charge is 2.21. The van der Waals surface area contributed by atoms with E-state index >= 15 is 0 Å². The Hall–Kier alpha value is -7.68. The summed E-state index contributed by atoms with van der Waals surface area (Å²) in [7, 11) is 0. The van der Waals surface area contributed by atoms with Crippen molar-refractivity contribution in [1.29, 1.82) is 0 Å². The van der Waals surface area contributed by atoms with E-state index in [1.165, 1.54) is 76.7 Å². The number of anilines is 3. The average molecular weight is 739 g/mol. The van der Waals surface area contributed by atoms with E-state index in [0.717, 1.165) is 22.7 Å². The Kier molecular flexibility index (Phi) is 8.19. The number of fused-ring (bicyclic) bond motifs is 5. The summed E-state index contributed by atoms with van der Waals surface area (Å²) in [4.78, 5) is 2.44. The van der Waals surface area contributed by atoms with Gasteiger partial charge in [-0.05, 0) is 128 Å². The molecule has 0 aliphatic heterocycles. The van der Waals surface area contributed by atoms with Crippen LogP contribution in [0.4, 0.5) is 17.1 Å². The maximum Gasteiger partial charge on any atom is 0.0562 e. The van der Waals surface area contributed by atoms with Crippen molar-refractivity contribution in [3.63, 3.8) is 0 Å². The molecular formula is C56H38N2. The summed E-state index contributed by atoms with van der Waals surface area (Å²) in [6.07, 6.45) is 0. The van der Waals surface area contributed by atoms with Crippen molar-refractivity contribution in [2.24, 2.45) is 0 Å². The van der Waals surface area contributed by atoms with Crippen molar-refractivity contribution in [2.45, 2.75) is 0 Å². The minimum absolute atomic E-state index is 1.10. The monoisotopic (exact) mass is 738 g/mol. The summed E-state index contributed by atoms with van der Waals surface area (Å²) in [6.45, 7) is 0. The van der Waals surface area contributed by atoms with Crippen molar-refractivity contribution in [3.8, 4) is 39.1 Å². The molecule has 2 nitrogen and oxygen atoms in total. The minimum atomic E-state index is 1.10. The Morgan fingerprint density at radius 1 is 0.293 bits per heavy atom. The molecule has 0 saturated carbocycles. The standard InChI is InChI=1S/C56H38N2/c1-4-14-39(15-5-1)42-18-12-21-50(37-42)57(54-24-13-25-55-56(54)52-22-10-11-23-53(52)58(55)49-19-8-3-9-20-49)51-33-32-46-34-44(30-31-47(46)38-51)45-29-27-41-26-28-43(35-48(41)36-45)40-16-6-2-7-17-40/h1-38H. The van der Waals surface area contributed by atoms with Crippen LogP contribution in [0.25, 0.3) is 82.4 Å². The molecule has 11 rings (SSSR count). The van der Waals surface area contributed by atoms with Crippen LogP contribution in [0, 0.1) is 0 Å².